The van der Waals surface area contributed by atoms with E-state index in [1.165, 1.54) is 6.07 Å². The van der Waals surface area contributed by atoms with Crippen LogP contribution in [0.4, 0.5) is 0 Å². The van der Waals surface area contributed by atoms with Gasteiger partial charge in [-0.3, -0.25) is 14.2 Å². The molecule has 1 atom stereocenters. The summed E-state index contributed by atoms with van der Waals surface area (Å²) in [6.45, 7) is 1.97. The van der Waals surface area contributed by atoms with Gasteiger partial charge in [0.15, 0.2) is 5.82 Å². The van der Waals surface area contributed by atoms with Crippen LogP contribution in [-0.4, -0.2) is 34.3 Å². The number of aromatic nitrogens is 7. The summed E-state index contributed by atoms with van der Waals surface area (Å²) in [6, 6.07) is 9.43. The van der Waals surface area contributed by atoms with Crippen LogP contribution in [0.2, 0.25) is 0 Å². The highest BCUT2D eigenvalue weighted by atomic mass is 16.1. The summed E-state index contributed by atoms with van der Waals surface area (Å²) in [5.41, 5.74) is 3.07. The molecule has 1 aromatic carbocycles. The Morgan fingerprint density at radius 2 is 1.93 bits per heavy atom. The number of aryl methyl sites for hydroxylation is 2. The first-order chi connectivity index (χ1) is 13.0. The lowest BCUT2D eigenvalue weighted by Crippen LogP contribution is -2.18. The van der Waals surface area contributed by atoms with Gasteiger partial charge in [0.25, 0.3) is 0 Å². The first-order valence-corrected chi connectivity index (χ1v) is 8.56. The second kappa shape index (κ2) is 6.64. The van der Waals surface area contributed by atoms with Crippen LogP contribution in [-0.2, 0) is 14.1 Å². The molecule has 0 fully saturated rings. The van der Waals surface area contributed by atoms with Gasteiger partial charge >= 0.3 is 0 Å². The van der Waals surface area contributed by atoms with Gasteiger partial charge in [0.1, 0.15) is 17.7 Å². The third-order valence-electron chi connectivity index (χ3n) is 4.45. The van der Waals surface area contributed by atoms with E-state index in [2.05, 4.69) is 20.3 Å². The molecule has 0 aliphatic rings. The van der Waals surface area contributed by atoms with Crippen LogP contribution in [0.1, 0.15) is 24.1 Å². The van der Waals surface area contributed by atoms with Crippen LogP contribution in [0.25, 0.3) is 17.1 Å². The summed E-state index contributed by atoms with van der Waals surface area (Å²) in [5.74, 6) is 0.477. The maximum absolute atomic E-state index is 12.5. The Kier molecular flexibility index (Phi) is 4.15. The molecular formula is C19H19N7O. The minimum atomic E-state index is -0.176. The van der Waals surface area contributed by atoms with Gasteiger partial charge < -0.3 is 0 Å². The molecule has 4 rings (SSSR count). The van der Waals surface area contributed by atoms with E-state index in [1.54, 1.807) is 32.8 Å². The second-order valence-electron chi connectivity index (χ2n) is 6.47. The molecule has 0 spiro atoms. The summed E-state index contributed by atoms with van der Waals surface area (Å²) in [4.78, 5) is 16.8. The van der Waals surface area contributed by atoms with E-state index in [0.717, 1.165) is 16.8 Å². The molecule has 0 aliphatic heterocycles. The van der Waals surface area contributed by atoms with Crippen LogP contribution in [0.15, 0.2) is 60.0 Å². The van der Waals surface area contributed by atoms with Crippen molar-refractivity contribution in [3.8, 4) is 17.1 Å². The largest absolute Gasteiger partial charge is 0.288 e. The van der Waals surface area contributed by atoms with Gasteiger partial charge in [0, 0.05) is 37.8 Å². The van der Waals surface area contributed by atoms with Gasteiger partial charge in [-0.25, -0.2) is 9.67 Å². The lowest BCUT2D eigenvalue weighted by atomic mass is 9.95. The van der Waals surface area contributed by atoms with Crippen LogP contribution in [0, 0.1) is 0 Å². The Bertz CT molecular complexity index is 1150. The molecule has 0 bridgehead atoms. The Hall–Kier alpha value is -3.55. The average Bonchev–Trinajstić information content (AvgIpc) is 3.30. The minimum absolute atomic E-state index is 0.0935. The molecule has 3 heterocycles. The van der Waals surface area contributed by atoms with Gasteiger partial charge in [-0.15, -0.1) is 0 Å². The molecule has 0 saturated heterocycles. The highest BCUT2D eigenvalue weighted by molar-refractivity contribution is 5.56. The van der Waals surface area contributed by atoms with E-state index in [0.29, 0.717) is 11.5 Å². The first-order valence-electron chi connectivity index (χ1n) is 8.56. The van der Waals surface area contributed by atoms with Gasteiger partial charge in [0.2, 0.25) is 5.43 Å². The lowest BCUT2D eigenvalue weighted by molar-refractivity contribution is 0.738. The quantitative estimate of drug-likeness (QED) is 0.554. The van der Waals surface area contributed by atoms with E-state index in [1.807, 2.05) is 51.5 Å². The SMILES string of the molecule is CC(c1cccc(-c2ncn(C)n2)c1)c1nn(-c2cnn(C)c2)ccc1=O. The fourth-order valence-corrected chi connectivity index (χ4v) is 2.97. The molecule has 1 unspecified atom stereocenters. The van der Waals surface area contributed by atoms with Crippen molar-refractivity contribution in [1.82, 2.24) is 34.3 Å². The number of nitrogens with zero attached hydrogens (tertiary/aromatic N) is 7. The zero-order valence-corrected chi connectivity index (χ0v) is 15.3. The fraction of sp³-hybridized carbons (Fsp3) is 0.211. The summed E-state index contributed by atoms with van der Waals surface area (Å²) < 4.78 is 5.03. The third-order valence-corrected chi connectivity index (χ3v) is 4.45. The Morgan fingerprint density at radius 1 is 1.07 bits per heavy atom. The molecule has 4 aromatic rings. The van der Waals surface area contributed by atoms with Crippen molar-refractivity contribution in [2.45, 2.75) is 12.8 Å². The Morgan fingerprint density at radius 3 is 2.63 bits per heavy atom. The van der Waals surface area contributed by atoms with Crippen LogP contribution < -0.4 is 5.43 Å². The van der Waals surface area contributed by atoms with Crippen molar-refractivity contribution in [2.75, 3.05) is 0 Å². The summed E-state index contributed by atoms with van der Waals surface area (Å²) in [6.07, 6.45) is 6.87. The summed E-state index contributed by atoms with van der Waals surface area (Å²) >= 11 is 0. The number of rotatable bonds is 4. The molecule has 0 saturated carbocycles. The zero-order valence-electron chi connectivity index (χ0n) is 15.3. The summed E-state index contributed by atoms with van der Waals surface area (Å²) in [7, 11) is 3.67. The fourth-order valence-electron chi connectivity index (χ4n) is 2.97. The van der Waals surface area contributed by atoms with Crippen molar-refractivity contribution in [2.24, 2.45) is 14.1 Å². The number of hydrogen-bond donors (Lipinski definition) is 0. The van der Waals surface area contributed by atoms with Gasteiger partial charge in [-0.1, -0.05) is 25.1 Å². The van der Waals surface area contributed by atoms with Crippen molar-refractivity contribution in [1.29, 1.82) is 0 Å². The maximum atomic E-state index is 12.5. The lowest BCUT2D eigenvalue weighted by Gasteiger charge is -2.13. The normalized spacial score (nSPS) is 12.3. The van der Waals surface area contributed by atoms with Crippen LogP contribution in [0.5, 0.6) is 0 Å². The second-order valence-corrected chi connectivity index (χ2v) is 6.47. The minimum Gasteiger partial charge on any atom is -0.288 e. The Labute approximate surface area is 155 Å². The molecule has 0 N–H and O–H groups in total. The monoisotopic (exact) mass is 361 g/mol. The summed E-state index contributed by atoms with van der Waals surface area (Å²) in [5, 5.41) is 13.1. The third kappa shape index (κ3) is 3.29. The molecule has 136 valence electrons. The van der Waals surface area contributed by atoms with Gasteiger partial charge in [-0.2, -0.15) is 15.3 Å². The highest BCUT2D eigenvalue weighted by Crippen LogP contribution is 2.24. The van der Waals surface area contributed by atoms with E-state index >= 15 is 0 Å². The molecule has 0 aliphatic carbocycles. The van der Waals surface area contributed by atoms with Crippen LogP contribution in [0.3, 0.4) is 0 Å². The van der Waals surface area contributed by atoms with Gasteiger partial charge in [-0.05, 0) is 11.6 Å². The average molecular weight is 361 g/mol. The predicted molar refractivity (Wildman–Crippen MR) is 101 cm³/mol. The first kappa shape index (κ1) is 16.9. The van der Waals surface area contributed by atoms with Crippen molar-refractivity contribution in [3.05, 3.63) is 76.7 Å². The standard InChI is InChI=1S/C19H19N7O/c1-13(14-5-4-6-15(9-14)19-20-12-25(3)23-19)18-17(27)7-8-26(22-18)16-10-21-24(2)11-16/h4-13H,1-3H3. The number of benzene rings is 1. The molecule has 3 aromatic heterocycles. The topological polar surface area (TPSA) is 83.4 Å². The Balaban J connectivity index is 1.72. The van der Waals surface area contributed by atoms with Gasteiger partial charge in [0.05, 0.1) is 12.4 Å². The van der Waals surface area contributed by atoms with Crippen molar-refractivity contribution in [3.63, 3.8) is 0 Å². The zero-order chi connectivity index (χ0) is 19.0. The number of hydrogen-bond acceptors (Lipinski definition) is 5. The molecular weight excluding hydrogens is 342 g/mol. The highest BCUT2D eigenvalue weighted by Gasteiger charge is 2.16. The maximum Gasteiger partial charge on any atom is 0.203 e. The van der Waals surface area contributed by atoms with E-state index in [-0.39, 0.29) is 11.3 Å². The van der Waals surface area contributed by atoms with Crippen LogP contribution >= 0.6 is 0 Å². The molecule has 8 nitrogen and oxygen atoms in total. The molecule has 27 heavy (non-hydrogen) atoms. The van der Waals surface area contributed by atoms with E-state index in [4.69, 9.17) is 0 Å². The van der Waals surface area contributed by atoms with Crippen molar-refractivity contribution < 1.29 is 0 Å². The smallest absolute Gasteiger partial charge is 0.203 e. The molecule has 0 radical (unpaired) electrons. The van der Waals surface area contributed by atoms with Crippen molar-refractivity contribution >= 4 is 0 Å². The predicted octanol–water partition coefficient (Wildman–Crippen LogP) is 1.91. The van der Waals surface area contributed by atoms with E-state index in [9.17, 15) is 4.79 Å². The molecule has 8 heteroatoms. The molecule has 0 amide bonds. The van der Waals surface area contributed by atoms with E-state index < -0.39 is 0 Å².